The van der Waals surface area contributed by atoms with Gasteiger partial charge in [-0.15, -0.1) is 21.5 Å². The highest BCUT2D eigenvalue weighted by molar-refractivity contribution is 7.98. The van der Waals surface area contributed by atoms with Crippen LogP contribution in [0, 0.1) is 0 Å². The molecule has 5 nitrogen and oxygen atoms in total. The van der Waals surface area contributed by atoms with Crippen molar-refractivity contribution in [2.24, 2.45) is 0 Å². The minimum absolute atomic E-state index is 0.538. The molecule has 1 aliphatic carbocycles. The Kier molecular flexibility index (Phi) is 5.08. The molecule has 2 aromatic carbocycles. The summed E-state index contributed by atoms with van der Waals surface area (Å²) in [4.78, 5) is 4.81. The van der Waals surface area contributed by atoms with E-state index in [1.165, 1.54) is 12.8 Å². The molecule has 0 radical (unpaired) electrons. The van der Waals surface area contributed by atoms with E-state index in [0.717, 1.165) is 44.4 Å². The SMILES string of the molecule is COc1cccc(-c2nc(CSc3nnc(C4CC4)n3-c3ccccc3)cs2)c1. The fourth-order valence-corrected chi connectivity index (χ4v) is 4.97. The predicted molar refractivity (Wildman–Crippen MR) is 117 cm³/mol. The second kappa shape index (κ2) is 8.00. The van der Waals surface area contributed by atoms with Crippen molar-refractivity contribution in [3.8, 4) is 22.0 Å². The maximum atomic E-state index is 5.33. The van der Waals surface area contributed by atoms with Gasteiger partial charge in [-0.05, 0) is 37.1 Å². The van der Waals surface area contributed by atoms with Crippen molar-refractivity contribution in [2.75, 3.05) is 7.11 Å². The van der Waals surface area contributed by atoms with Gasteiger partial charge in [0, 0.05) is 28.3 Å². The fourth-order valence-electron chi connectivity index (χ4n) is 3.20. The minimum atomic E-state index is 0.538. The third-order valence-electron chi connectivity index (χ3n) is 4.83. The molecule has 29 heavy (non-hydrogen) atoms. The van der Waals surface area contributed by atoms with Gasteiger partial charge in [-0.25, -0.2) is 4.98 Å². The molecule has 2 heterocycles. The Hall–Kier alpha value is -2.64. The van der Waals surface area contributed by atoms with E-state index in [4.69, 9.17) is 9.72 Å². The molecule has 146 valence electrons. The number of ether oxygens (including phenoxy) is 1. The molecule has 0 saturated heterocycles. The van der Waals surface area contributed by atoms with Crippen LogP contribution in [-0.2, 0) is 5.75 Å². The molecule has 0 N–H and O–H groups in total. The van der Waals surface area contributed by atoms with E-state index >= 15 is 0 Å². The Labute approximate surface area is 177 Å². The number of benzene rings is 2. The molecule has 1 saturated carbocycles. The zero-order valence-electron chi connectivity index (χ0n) is 16.0. The zero-order chi connectivity index (χ0) is 19.6. The second-order valence-corrected chi connectivity index (χ2v) is 8.75. The summed E-state index contributed by atoms with van der Waals surface area (Å²) in [6.07, 6.45) is 2.40. The number of aromatic nitrogens is 4. The van der Waals surface area contributed by atoms with Crippen LogP contribution < -0.4 is 4.74 Å². The first-order chi connectivity index (χ1) is 14.3. The molecule has 0 unspecified atom stereocenters. The standard InChI is InChI=1S/C22H20N4OS2/c1-27-19-9-5-6-16(12-19)21-23-17(13-28-21)14-29-22-25-24-20(15-10-11-15)26(22)18-7-3-2-4-8-18/h2-9,12-13,15H,10-11,14H2,1H3. The smallest absolute Gasteiger partial charge is 0.196 e. The van der Waals surface area contributed by atoms with E-state index in [1.54, 1.807) is 30.2 Å². The van der Waals surface area contributed by atoms with Crippen molar-refractivity contribution in [1.29, 1.82) is 0 Å². The van der Waals surface area contributed by atoms with Gasteiger partial charge in [-0.3, -0.25) is 4.57 Å². The maximum absolute atomic E-state index is 5.33. The zero-order valence-corrected chi connectivity index (χ0v) is 17.6. The molecular formula is C22H20N4OS2. The summed E-state index contributed by atoms with van der Waals surface area (Å²) >= 11 is 3.34. The molecule has 1 aliphatic rings. The van der Waals surface area contributed by atoms with Gasteiger partial charge in [-0.2, -0.15) is 0 Å². The second-order valence-electron chi connectivity index (χ2n) is 6.95. The average Bonchev–Trinajstić information content (AvgIpc) is 3.35. The van der Waals surface area contributed by atoms with Crippen LogP contribution in [0.5, 0.6) is 5.75 Å². The lowest BCUT2D eigenvalue weighted by molar-refractivity contribution is 0.415. The van der Waals surface area contributed by atoms with E-state index in [1.807, 2.05) is 24.3 Å². The van der Waals surface area contributed by atoms with Crippen LogP contribution in [-0.4, -0.2) is 26.9 Å². The summed E-state index contributed by atoms with van der Waals surface area (Å²) in [6, 6.07) is 18.4. The number of hydrogen-bond acceptors (Lipinski definition) is 6. The summed E-state index contributed by atoms with van der Waals surface area (Å²) in [5, 5.41) is 13.0. The van der Waals surface area contributed by atoms with Crippen LogP contribution in [0.25, 0.3) is 16.3 Å². The number of methoxy groups -OCH3 is 1. The Balaban J connectivity index is 1.37. The highest BCUT2D eigenvalue weighted by Crippen LogP contribution is 2.41. The van der Waals surface area contributed by atoms with Gasteiger partial charge in [0.05, 0.1) is 12.8 Å². The van der Waals surface area contributed by atoms with E-state index in [-0.39, 0.29) is 0 Å². The van der Waals surface area contributed by atoms with Crippen LogP contribution >= 0.6 is 23.1 Å². The highest BCUT2D eigenvalue weighted by atomic mass is 32.2. The number of thioether (sulfide) groups is 1. The van der Waals surface area contributed by atoms with Gasteiger partial charge in [0.2, 0.25) is 0 Å². The Bertz CT molecular complexity index is 1120. The summed E-state index contributed by atoms with van der Waals surface area (Å²) < 4.78 is 7.53. The van der Waals surface area contributed by atoms with Gasteiger partial charge in [0.15, 0.2) is 5.16 Å². The van der Waals surface area contributed by atoms with Gasteiger partial charge in [-0.1, -0.05) is 42.1 Å². The molecule has 2 aromatic heterocycles. The number of para-hydroxylation sites is 1. The maximum Gasteiger partial charge on any atom is 0.196 e. The number of hydrogen-bond donors (Lipinski definition) is 0. The summed E-state index contributed by atoms with van der Waals surface area (Å²) in [5.74, 6) is 3.22. The topological polar surface area (TPSA) is 52.8 Å². The largest absolute Gasteiger partial charge is 0.497 e. The Morgan fingerprint density at radius 3 is 2.76 bits per heavy atom. The molecule has 7 heteroatoms. The van der Waals surface area contributed by atoms with Gasteiger partial charge >= 0.3 is 0 Å². The molecule has 0 amide bonds. The van der Waals surface area contributed by atoms with Gasteiger partial charge in [0.25, 0.3) is 0 Å². The molecule has 5 rings (SSSR count). The molecule has 0 bridgehead atoms. The van der Waals surface area contributed by atoms with Crippen molar-refractivity contribution in [3.05, 3.63) is 71.5 Å². The Morgan fingerprint density at radius 2 is 1.97 bits per heavy atom. The minimum Gasteiger partial charge on any atom is -0.497 e. The molecule has 4 aromatic rings. The number of thiazole rings is 1. The summed E-state index contributed by atoms with van der Waals surface area (Å²) in [7, 11) is 1.68. The molecule has 0 aliphatic heterocycles. The number of rotatable bonds is 7. The van der Waals surface area contributed by atoms with E-state index in [2.05, 4.69) is 50.5 Å². The first kappa shape index (κ1) is 18.4. The van der Waals surface area contributed by atoms with Crippen molar-refractivity contribution in [1.82, 2.24) is 19.7 Å². The van der Waals surface area contributed by atoms with E-state index in [0.29, 0.717) is 5.92 Å². The lowest BCUT2D eigenvalue weighted by Crippen LogP contribution is -2.01. The van der Waals surface area contributed by atoms with Crippen molar-refractivity contribution < 1.29 is 4.74 Å². The molecule has 0 atom stereocenters. The van der Waals surface area contributed by atoms with E-state index in [9.17, 15) is 0 Å². The lowest BCUT2D eigenvalue weighted by atomic mass is 10.2. The van der Waals surface area contributed by atoms with Crippen LogP contribution in [0.15, 0.2) is 65.1 Å². The fraction of sp³-hybridized carbons (Fsp3) is 0.227. The summed E-state index contributed by atoms with van der Waals surface area (Å²) in [6.45, 7) is 0. The predicted octanol–water partition coefficient (Wildman–Crippen LogP) is 5.57. The third kappa shape index (κ3) is 3.93. The van der Waals surface area contributed by atoms with Crippen LogP contribution in [0.1, 0.15) is 30.3 Å². The lowest BCUT2D eigenvalue weighted by Gasteiger charge is -2.09. The van der Waals surface area contributed by atoms with Crippen LogP contribution in [0.3, 0.4) is 0 Å². The summed E-state index contributed by atoms with van der Waals surface area (Å²) in [5.41, 5.74) is 3.25. The average molecular weight is 421 g/mol. The highest BCUT2D eigenvalue weighted by Gasteiger charge is 2.31. The van der Waals surface area contributed by atoms with Crippen molar-refractivity contribution >= 4 is 23.1 Å². The molecular weight excluding hydrogens is 400 g/mol. The van der Waals surface area contributed by atoms with Crippen LogP contribution in [0.4, 0.5) is 0 Å². The third-order valence-corrected chi connectivity index (χ3v) is 6.74. The molecule has 0 spiro atoms. The monoisotopic (exact) mass is 420 g/mol. The first-order valence-electron chi connectivity index (χ1n) is 9.54. The van der Waals surface area contributed by atoms with Crippen molar-refractivity contribution in [2.45, 2.75) is 29.7 Å². The quantitative estimate of drug-likeness (QED) is 0.366. The van der Waals surface area contributed by atoms with Crippen molar-refractivity contribution in [3.63, 3.8) is 0 Å². The van der Waals surface area contributed by atoms with Gasteiger partial charge in [0.1, 0.15) is 16.6 Å². The first-order valence-corrected chi connectivity index (χ1v) is 11.4. The normalized spacial score (nSPS) is 13.6. The van der Waals surface area contributed by atoms with E-state index < -0.39 is 0 Å². The van der Waals surface area contributed by atoms with Gasteiger partial charge < -0.3 is 4.74 Å². The Morgan fingerprint density at radius 1 is 1.10 bits per heavy atom. The molecule has 1 fully saturated rings. The number of nitrogens with zero attached hydrogens (tertiary/aromatic N) is 4. The van der Waals surface area contributed by atoms with Crippen LogP contribution in [0.2, 0.25) is 0 Å².